The zero-order chi connectivity index (χ0) is 22.0. The van der Waals surface area contributed by atoms with Gasteiger partial charge in [0.1, 0.15) is 18.1 Å². The quantitative estimate of drug-likeness (QED) is 0.537. The number of pyridine rings is 1. The number of piperidine rings is 1. The first-order chi connectivity index (χ1) is 14.9. The fraction of sp³-hybridized carbons (Fsp3) is 0.455. The Morgan fingerprint density at radius 3 is 2.65 bits per heavy atom. The molecule has 8 nitrogen and oxygen atoms in total. The minimum atomic E-state index is -0.621. The summed E-state index contributed by atoms with van der Waals surface area (Å²) >= 11 is 0. The number of halogens is 1. The normalized spacial score (nSPS) is 21.4. The van der Waals surface area contributed by atoms with Crippen LogP contribution in [-0.2, 0) is 16.0 Å². The number of ether oxygens (including phenoxy) is 1. The maximum atomic E-state index is 14.3. The summed E-state index contributed by atoms with van der Waals surface area (Å²) in [5.74, 6) is -0.629. The van der Waals surface area contributed by atoms with E-state index < -0.39 is 22.4 Å². The second-order valence-corrected chi connectivity index (χ2v) is 8.18. The molecule has 4 rings (SSSR count). The van der Waals surface area contributed by atoms with Crippen molar-refractivity contribution in [2.45, 2.75) is 37.9 Å². The summed E-state index contributed by atoms with van der Waals surface area (Å²) in [6, 6.07) is 9.50. The van der Waals surface area contributed by atoms with Crippen LogP contribution in [0.2, 0.25) is 0 Å². The molecule has 2 aromatic rings. The average Bonchev–Trinajstić information content (AvgIpc) is 2.77. The van der Waals surface area contributed by atoms with E-state index in [2.05, 4.69) is 9.88 Å². The number of morpholine rings is 1. The average molecular weight is 428 g/mol. The molecule has 164 valence electrons. The van der Waals surface area contributed by atoms with Crippen molar-refractivity contribution < 1.29 is 18.8 Å². The Bertz CT molecular complexity index is 960. The maximum absolute atomic E-state index is 14.3. The summed E-state index contributed by atoms with van der Waals surface area (Å²) in [6.07, 6.45) is 2.84. The molecule has 9 heteroatoms. The standard InChI is InChI=1S/C22H25FN4O4/c1-16-21(28)26(20-5-3-2-4-19(20)23)15-22(31-16)9-12-25(13-10-22)11-8-17-6-7-18(14-24-17)27(29)30/h2-7,14,16H,8-13,15H2,1H3. The lowest BCUT2D eigenvalue weighted by Gasteiger charge is -2.49. The van der Waals surface area contributed by atoms with E-state index in [4.69, 9.17) is 4.74 Å². The van der Waals surface area contributed by atoms with Gasteiger partial charge in [0.25, 0.3) is 11.6 Å². The lowest BCUT2D eigenvalue weighted by molar-refractivity contribution is -0.385. The number of amides is 1. The second kappa shape index (κ2) is 8.68. The summed E-state index contributed by atoms with van der Waals surface area (Å²) in [4.78, 5) is 30.9. The smallest absolute Gasteiger partial charge is 0.287 e. The number of nitrogens with zero attached hydrogens (tertiary/aromatic N) is 4. The summed E-state index contributed by atoms with van der Waals surface area (Å²) in [5, 5.41) is 10.7. The van der Waals surface area contributed by atoms with E-state index in [9.17, 15) is 19.3 Å². The fourth-order valence-corrected chi connectivity index (χ4v) is 4.33. The first-order valence-corrected chi connectivity index (χ1v) is 10.4. The number of nitro groups is 1. The molecule has 0 N–H and O–H groups in total. The topological polar surface area (TPSA) is 88.8 Å². The highest BCUT2D eigenvalue weighted by Gasteiger charge is 2.46. The molecule has 31 heavy (non-hydrogen) atoms. The molecule has 1 atom stereocenters. The molecule has 2 fully saturated rings. The van der Waals surface area contributed by atoms with Gasteiger partial charge in [0.15, 0.2) is 0 Å². The number of likely N-dealkylation sites (tertiary alicyclic amines) is 1. The van der Waals surface area contributed by atoms with Gasteiger partial charge in [0.2, 0.25) is 0 Å². The molecule has 1 amide bonds. The molecule has 1 unspecified atom stereocenters. The summed E-state index contributed by atoms with van der Waals surface area (Å²) in [6.45, 7) is 4.43. The highest BCUT2D eigenvalue weighted by molar-refractivity contribution is 5.97. The molecule has 2 aliphatic rings. The van der Waals surface area contributed by atoms with Crippen LogP contribution < -0.4 is 4.90 Å². The number of hydrogen-bond acceptors (Lipinski definition) is 6. The number of anilines is 1. The summed E-state index contributed by atoms with van der Waals surface area (Å²) in [5.41, 5.74) is 0.609. The molecule has 0 aliphatic carbocycles. The number of rotatable bonds is 5. The number of aromatic nitrogens is 1. The van der Waals surface area contributed by atoms with E-state index in [1.165, 1.54) is 23.2 Å². The van der Waals surface area contributed by atoms with Gasteiger partial charge in [-0.2, -0.15) is 0 Å². The third-order valence-electron chi connectivity index (χ3n) is 6.10. The van der Waals surface area contributed by atoms with Crippen molar-refractivity contribution in [3.05, 3.63) is 64.2 Å². The van der Waals surface area contributed by atoms with Gasteiger partial charge < -0.3 is 14.5 Å². The van der Waals surface area contributed by atoms with Gasteiger partial charge in [-0.3, -0.25) is 19.9 Å². The zero-order valence-electron chi connectivity index (χ0n) is 17.4. The predicted octanol–water partition coefficient (Wildman–Crippen LogP) is 2.96. The van der Waals surface area contributed by atoms with E-state index in [1.54, 1.807) is 31.2 Å². The zero-order valence-corrected chi connectivity index (χ0v) is 17.4. The summed E-state index contributed by atoms with van der Waals surface area (Å²) < 4.78 is 20.5. The van der Waals surface area contributed by atoms with Crippen LogP contribution in [0.15, 0.2) is 42.6 Å². The Kier molecular flexibility index (Phi) is 5.97. The van der Waals surface area contributed by atoms with Crippen LogP contribution in [0.1, 0.15) is 25.5 Å². The van der Waals surface area contributed by atoms with Gasteiger partial charge in [0.05, 0.1) is 22.8 Å². The van der Waals surface area contributed by atoms with Crippen LogP contribution in [0.25, 0.3) is 0 Å². The van der Waals surface area contributed by atoms with Gasteiger partial charge in [-0.15, -0.1) is 0 Å². The molecular weight excluding hydrogens is 403 g/mol. The molecule has 2 aliphatic heterocycles. The first kappa shape index (κ1) is 21.3. The Morgan fingerprint density at radius 1 is 1.26 bits per heavy atom. The van der Waals surface area contributed by atoms with Crippen molar-refractivity contribution in [2.75, 3.05) is 31.1 Å². The molecule has 0 bridgehead atoms. The molecular formula is C22H25FN4O4. The monoisotopic (exact) mass is 428 g/mol. The molecule has 2 saturated heterocycles. The second-order valence-electron chi connectivity index (χ2n) is 8.18. The summed E-state index contributed by atoms with van der Waals surface area (Å²) in [7, 11) is 0. The Balaban J connectivity index is 1.37. The van der Waals surface area contributed by atoms with Crippen LogP contribution in [0.3, 0.4) is 0 Å². The molecule has 1 spiro atoms. The van der Waals surface area contributed by atoms with Crippen LogP contribution in [0, 0.1) is 15.9 Å². The third-order valence-corrected chi connectivity index (χ3v) is 6.10. The van der Waals surface area contributed by atoms with Crippen LogP contribution in [-0.4, -0.2) is 58.6 Å². The highest BCUT2D eigenvalue weighted by Crippen LogP contribution is 2.35. The number of para-hydroxylation sites is 1. The van der Waals surface area contributed by atoms with Gasteiger partial charge in [-0.25, -0.2) is 4.39 Å². The lowest BCUT2D eigenvalue weighted by Crippen LogP contribution is -2.61. The van der Waals surface area contributed by atoms with Crippen LogP contribution in [0.5, 0.6) is 0 Å². The van der Waals surface area contributed by atoms with Gasteiger partial charge in [0, 0.05) is 37.8 Å². The highest BCUT2D eigenvalue weighted by atomic mass is 19.1. The van der Waals surface area contributed by atoms with Gasteiger partial charge in [-0.1, -0.05) is 12.1 Å². The minimum absolute atomic E-state index is 0.0128. The Labute approximate surface area is 179 Å². The molecule has 0 radical (unpaired) electrons. The van der Waals surface area contributed by atoms with Crippen molar-refractivity contribution in [2.24, 2.45) is 0 Å². The van der Waals surface area contributed by atoms with Crippen molar-refractivity contribution in [1.82, 2.24) is 9.88 Å². The van der Waals surface area contributed by atoms with E-state index in [-0.39, 0.29) is 11.6 Å². The Hall–Kier alpha value is -2.91. The fourth-order valence-electron chi connectivity index (χ4n) is 4.33. The maximum Gasteiger partial charge on any atom is 0.287 e. The first-order valence-electron chi connectivity index (χ1n) is 10.4. The minimum Gasteiger partial charge on any atom is -0.360 e. The van der Waals surface area contributed by atoms with Crippen molar-refractivity contribution >= 4 is 17.3 Å². The number of hydrogen-bond donors (Lipinski definition) is 0. The third kappa shape index (κ3) is 4.57. The molecule has 1 aromatic heterocycles. The van der Waals surface area contributed by atoms with E-state index in [1.807, 2.05) is 0 Å². The van der Waals surface area contributed by atoms with Crippen molar-refractivity contribution in [1.29, 1.82) is 0 Å². The van der Waals surface area contributed by atoms with E-state index in [0.717, 1.165) is 38.2 Å². The molecule has 3 heterocycles. The molecule has 0 saturated carbocycles. The Morgan fingerprint density at radius 2 is 2.00 bits per heavy atom. The van der Waals surface area contributed by atoms with Crippen LogP contribution >= 0.6 is 0 Å². The van der Waals surface area contributed by atoms with Crippen molar-refractivity contribution in [3.63, 3.8) is 0 Å². The number of carbonyl (C=O) groups is 1. The largest absolute Gasteiger partial charge is 0.360 e. The van der Waals surface area contributed by atoms with Gasteiger partial charge in [-0.05, 0) is 38.0 Å². The SMILES string of the molecule is CC1OC2(CCN(CCc3ccc([N+](=O)[O-])cn3)CC2)CN(c2ccccc2F)C1=O. The number of benzene rings is 1. The van der Waals surface area contributed by atoms with Crippen molar-refractivity contribution in [3.8, 4) is 0 Å². The molecule has 1 aromatic carbocycles. The van der Waals surface area contributed by atoms with E-state index >= 15 is 0 Å². The lowest BCUT2D eigenvalue weighted by atomic mass is 9.88. The van der Waals surface area contributed by atoms with Crippen LogP contribution in [0.4, 0.5) is 15.8 Å². The predicted molar refractivity (Wildman–Crippen MR) is 112 cm³/mol. The van der Waals surface area contributed by atoms with E-state index in [0.29, 0.717) is 18.7 Å². The van der Waals surface area contributed by atoms with Gasteiger partial charge >= 0.3 is 0 Å². The number of carbonyl (C=O) groups excluding carboxylic acids is 1.